The first-order valence-corrected chi connectivity index (χ1v) is 4.50. The van der Waals surface area contributed by atoms with E-state index in [1.54, 1.807) is 20.8 Å². The Morgan fingerprint density at radius 3 is 2.27 bits per heavy atom. The molecule has 2 nitrogen and oxygen atoms in total. The molecule has 0 unspecified atom stereocenters. The predicted octanol–water partition coefficient (Wildman–Crippen LogP) is 3.31. The van der Waals surface area contributed by atoms with Crippen LogP contribution in [0.1, 0.15) is 26.3 Å². The maximum atomic E-state index is 12.5. The minimum absolute atomic E-state index is 0.127. The van der Waals surface area contributed by atoms with Gasteiger partial charge in [-0.05, 0) is 32.9 Å². The second-order valence-electron chi connectivity index (χ2n) is 4.27. The van der Waals surface area contributed by atoms with E-state index in [0.29, 0.717) is 0 Å². The largest absolute Gasteiger partial charge is 0.419 e. The highest BCUT2D eigenvalue weighted by Crippen LogP contribution is 2.34. The summed E-state index contributed by atoms with van der Waals surface area (Å²) in [6, 6.07) is 2.29. The van der Waals surface area contributed by atoms with E-state index in [1.807, 2.05) is 0 Å². The van der Waals surface area contributed by atoms with Gasteiger partial charge in [0.1, 0.15) is 5.82 Å². The zero-order chi connectivity index (χ0) is 11.7. The first-order chi connectivity index (χ1) is 6.70. The summed E-state index contributed by atoms with van der Waals surface area (Å²) >= 11 is 0. The molecule has 1 rings (SSSR count). The molecule has 0 saturated carbocycles. The van der Waals surface area contributed by atoms with Gasteiger partial charge in [0, 0.05) is 11.7 Å². The molecule has 0 spiro atoms. The van der Waals surface area contributed by atoms with E-state index in [2.05, 4.69) is 10.3 Å². The Morgan fingerprint density at radius 2 is 1.80 bits per heavy atom. The molecule has 0 aliphatic rings. The number of anilines is 1. The van der Waals surface area contributed by atoms with Crippen molar-refractivity contribution in [1.82, 2.24) is 4.98 Å². The van der Waals surface area contributed by atoms with Crippen molar-refractivity contribution >= 4 is 5.82 Å². The second kappa shape index (κ2) is 3.72. The average Bonchev–Trinajstić information content (AvgIpc) is 1.99. The van der Waals surface area contributed by atoms with E-state index in [0.717, 1.165) is 6.07 Å². The first kappa shape index (κ1) is 11.8. The number of hydrogen-bond donors (Lipinski definition) is 1. The zero-order valence-corrected chi connectivity index (χ0v) is 8.81. The molecule has 0 radical (unpaired) electrons. The third kappa shape index (κ3) is 3.42. The highest BCUT2D eigenvalue weighted by molar-refractivity contribution is 5.47. The van der Waals surface area contributed by atoms with Crippen molar-refractivity contribution < 1.29 is 13.2 Å². The Bertz CT molecular complexity index is 339. The molecular formula is C10H13F3N2. The van der Waals surface area contributed by atoms with E-state index >= 15 is 0 Å². The van der Waals surface area contributed by atoms with Crippen LogP contribution in [0.5, 0.6) is 0 Å². The summed E-state index contributed by atoms with van der Waals surface area (Å²) in [6.45, 7) is 5.34. The lowest BCUT2D eigenvalue weighted by Gasteiger charge is -2.23. The van der Waals surface area contributed by atoms with Crippen molar-refractivity contribution in [3.63, 3.8) is 0 Å². The standard InChI is InChI=1S/C10H13F3N2/c1-9(2,3)15-8-7(10(11,12)13)5-4-6-14-8/h4-6H,1-3H3,(H,14,15). The van der Waals surface area contributed by atoms with E-state index in [4.69, 9.17) is 0 Å². The quantitative estimate of drug-likeness (QED) is 0.782. The van der Waals surface area contributed by atoms with Crippen molar-refractivity contribution in [2.45, 2.75) is 32.5 Å². The summed E-state index contributed by atoms with van der Waals surface area (Å²) < 4.78 is 37.6. The lowest BCUT2D eigenvalue weighted by Crippen LogP contribution is -2.28. The van der Waals surface area contributed by atoms with Crippen LogP contribution in [0, 0.1) is 0 Å². The minimum atomic E-state index is -4.37. The smallest absolute Gasteiger partial charge is 0.365 e. The van der Waals surface area contributed by atoms with Crippen LogP contribution in [0.2, 0.25) is 0 Å². The molecule has 0 fully saturated rings. The molecule has 0 bridgehead atoms. The lowest BCUT2D eigenvalue weighted by molar-refractivity contribution is -0.137. The molecule has 0 atom stereocenters. The first-order valence-electron chi connectivity index (χ1n) is 4.50. The van der Waals surface area contributed by atoms with Crippen molar-refractivity contribution in [3.8, 4) is 0 Å². The monoisotopic (exact) mass is 218 g/mol. The van der Waals surface area contributed by atoms with Gasteiger partial charge in [0.2, 0.25) is 0 Å². The fraction of sp³-hybridized carbons (Fsp3) is 0.500. The van der Waals surface area contributed by atoms with Crippen LogP contribution in [0.3, 0.4) is 0 Å². The van der Waals surface area contributed by atoms with Crippen molar-refractivity contribution in [2.75, 3.05) is 5.32 Å². The molecule has 84 valence electrons. The summed E-state index contributed by atoms with van der Waals surface area (Å²) in [5, 5.41) is 2.73. The number of halogens is 3. The van der Waals surface area contributed by atoms with Gasteiger partial charge in [-0.3, -0.25) is 0 Å². The number of nitrogens with one attached hydrogen (secondary N) is 1. The molecule has 1 N–H and O–H groups in total. The topological polar surface area (TPSA) is 24.9 Å². The van der Waals surface area contributed by atoms with E-state index in [-0.39, 0.29) is 5.82 Å². The zero-order valence-electron chi connectivity index (χ0n) is 8.81. The molecule has 1 aromatic heterocycles. The predicted molar refractivity (Wildman–Crippen MR) is 52.6 cm³/mol. The van der Waals surface area contributed by atoms with Crippen molar-refractivity contribution in [3.05, 3.63) is 23.9 Å². The molecule has 0 aliphatic heterocycles. The average molecular weight is 218 g/mol. The van der Waals surface area contributed by atoms with Crippen LogP contribution >= 0.6 is 0 Å². The summed E-state index contributed by atoms with van der Waals surface area (Å²) in [4.78, 5) is 3.70. The van der Waals surface area contributed by atoms with Crippen LogP contribution in [0.25, 0.3) is 0 Å². The van der Waals surface area contributed by atoms with E-state index < -0.39 is 17.3 Å². The summed E-state index contributed by atoms with van der Waals surface area (Å²) in [5.41, 5.74) is -1.19. The normalized spacial score (nSPS) is 12.7. The highest BCUT2D eigenvalue weighted by Gasteiger charge is 2.34. The summed E-state index contributed by atoms with van der Waals surface area (Å²) in [5.74, 6) is -0.127. The van der Waals surface area contributed by atoms with Gasteiger partial charge in [0.05, 0.1) is 5.56 Å². The Morgan fingerprint density at radius 1 is 1.20 bits per heavy atom. The van der Waals surface area contributed by atoms with Crippen LogP contribution < -0.4 is 5.32 Å². The number of rotatable bonds is 1. The SMILES string of the molecule is CC(C)(C)Nc1ncccc1C(F)(F)F. The molecule has 0 aromatic carbocycles. The molecule has 1 heterocycles. The number of hydrogen-bond acceptors (Lipinski definition) is 2. The lowest BCUT2D eigenvalue weighted by atomic mass is 10.1. The number of alkyl halides is 3. The van der Waals surface area contributed by atoms with Gasteiger partial charge >= 0.3 is 6.18 Å². The number of pyridine rings is 1. The van der Waals surface area contributed by atoms with E-state index in [1.165, 1.54) is 12.3 Å². The van der Waals surface area contributed by atoms with Gasteiger partial charge in [-0.1, -0.05) is 0 Å². The third-order valence-electron chi connectivity index (χ3n) is 1.61. The van der Waals surface area contributed by atoms with Gasteiger partial charge < -0.3 is 5.32 Å². The van der Waals surface area contributed by atoms with Gasteiger partial charge in [-0.2, -0.15) is 13.2 Å². The molecular weight excluding hydrogens is 205 g/mol. The van der Waals surface area contributed by atoms with Crippen LogP contribution in [-0.2, 0) is 6.18 Å². The van der Waals surface area contributed by atoms with Crippen LogP contribution in [-0.4, -0.2) is 10.5 Å². The Labute approximate surface area is 86.5 Å². The minimum Gasteiger partial charge on any atom is -0.365 e. The maximum absolute atomic E-state index is 12.5. The highest BCUT2D eigenvalue weighted by atomic mass is 19.4. The number of aromatic nitrogens is 1. The van der Waals surface area contributed by atoms with Gasteiger partial charge in [-0.15, -0.1) is 0 Å². The number of nitrogens with zero attached hydrogens (tertiary/aromatic N) is 1. The molecule has 1 aromatic rings. The molecule has 0 saturated heterocycles. The molecule has 15 heavy (non-hydrogen) atoms. The maximum Gasteiger partial charge on any atom is 0.419 e. The fourth-order valence-electron chi connectivity index (χ4n) is 1.09. The summed E-state index contributed by atoms with van der Waals surface area (Å²) in [7, 11) is 0. The van der Waals surface area contributed by atoms with Crippen molar-refractivity contribution in [2.24, 2.45) is 0 Å². The molecule has 5 heteroatoms. The van der Waals surface area contributed by atoms with E-state index in [9.17, 15) is 13.2 Å². The van der Waals surface area contributed by atoms with Crippen molar-refractivity contribution in [1.29, 1.82) is 0 Å². The third-order valence-corrected chi connectivity index (χ3v) is 1.61. The van der Waals surface area contributed by atoms with Gasteiger partial charge in [-0.25, -0.2) is 4.98 Å². The Kier molecular flexibility index (Phi) is 2.93. The second-order valence-corrected chi connectivity index (χ2v) is 4.27. The Balaban J connectivity index is 3.08. The fourth-order valence-corrected chi connectivity index (χ4v) is 1.09. The van der Waals surface area contributed by atoms with Gasteiger partial charge in [0.25, 0.3) is 0 Å². The van der Waals surface area contributed by atoms with Crippen LogP contribution in [0.4, 0.5) is 19.0 Å². The molecule has 0 amide bonds. The summed E-state index contributed by atoms with van der Waals surface area (Å²) in [6.07, 6.45) is -3.04. The van der Waals surface area contributed by atoms with Crippen LogP contribution in [0.15, 0.2) is 18.3 Å². The van der Waals surface area contributed by atoms with Gasteiger partial charge in [0.15, 0.2) is 0 Å². The molecule has 0 aliphatic carbocycles. The Hall–Kier alpha value is -1.26.